The van der Waals surface area contributed by atoms with Gasteiger partial charge in [-0.25, -0.2) is 0 Å². The molecule has 2 fully saturated rings. The summed E-state index contributed by atoms with van der Waals surface area (Å²) in [5.41, 5.74) is 2.54. The monoisotopic (exact) mass is 514 g/mol. The average molecular weight is 515 g/mol. The lowest BCUT2D eigenvalue weighted by Crippen LogP contribution is -2.55. The minimum Gasteiger partial charge on any atom is -0.489 e. The molecule has 190 valence electrons. The Kier molecular flexibility index (Phi) is 6.41. The van der Waals surface area contributed by atoms with Crippen LogP contribution >= 0.6 is 0 Å². The zero-order valence-electron chi connectivity index (χ0n) is 19.3. The van der Waals surface area contributed by atoms with E-state index in [1.807, 2.05) is 12.1 Å². The minimum absolute atomic E-state index is 0.0741. The number of nitrogens with one attached hydrogen (secondary N) is 2. The first-order valence-corrected chi connectivity index (χ1v) is 13.1. The van der Waals surface area contributed by atoms with E-state index in [9.17, 15) is 22.8 Å². The predicted octanol–water partition coefficient (Wildman–Crippen LogP) is 0.552. The number of fused-ring (bicyclic) bond motifs is 4. The molecular weight excluding hydrogens is 488 g/mol. The Morgan fingerprint density at radius 2 is 1.83 bits per heavy atom. The topological polar surface area (TPSA) is 145 Å². The molecular formula is C24H26N4O7S. The van der Waals surface area contributed by atoms with Gasteiger partial charge in [-0.15, -0.1) is 0 Å². The van der Waals surface area contributed by atoms with Crippen LogP contribution in [0.5, 0.6) is 5.75 Å². The summed E-state index contributed by atoms with van der Waals surface area (Å²) in [5, 5.41) is 5.71. The zero-order chi connectivity index (χ0) is 25.4. The van der Waals surface area contributed by atoms with Gasteiger partial charge in [0.05, 0.1) is 16.6 Å². The van der Waals surface area contributed by atoms with Crippen molar-refractivity contribution in [3.8, 4) is 5.75 Å². The van der Waals surface area contributed by atoms with E-state index in [0.717, 1.165) is 36.6 Å². The Labute approximate surface area is 208 Å². The van der Waals surface area contributed by atoms with E-state index in [1.54, 1.807) is 23.1 Å². The molecule has 0 aromatic heterocycles. The SMILES string of the molecule is O=C1CC[C@H](N2Cc3cc4c(cc3C2=O)OC[C@@H]2CNCCN42)C(=O)N1.O=S(=O)(O)c1ccccc1. The third-order valence-corrected chi connectivity index (χ3v) is 7.60. The number of rotatable bonds is 2. The third kappa shape index (κ3) is 4.66. The summed E-state index contributed by atoms with van der Waals surface area (Å²) in [4.78, 5) is 40.3. The van der Waals surface area contributed by atoms with Gasteiger partial charge in [-0.2, -0.15) is 8.42 Å². The fourth-order valence-electron chi connectivity index (χ4n) is 4.93. The molecule has 0 aliphatic carbocycles. The summed E-state index contributed by atoms with van der Waals surface area (Å²) in [5.74, 6) is -0.0849. The molecule has 0 radical (unpaired) electrons. The quantitative estimate of drug-likeness (QED) is 0.386. The van der Waals surface area contributed by atoms with Gasteiger partial charge in [0.15, 0.2) is 0 Å². The first-order chi connectivity index (χ1) is 17.2. The zero-order valence-corrected chi connectivity index (χ0v) is 20.2. The van der Waals surface area contributed by atoms with Crippen LogP contribution in [0.3, 0.4) is 0 Å². The number of anilines is 1. The largest absolute Gasteiger partial charge is 0.489 e. The number of ether oxygens (including phenoxy) is 1. The standard InChI is InChI=1S/C18H20N4O4.C6H6O3S/c23-16-2-1-13(17(24)20-16)22-8-10-5-14-15(6-12(10)18(22)25)26-9-11-7-19-3-4-21(11)14;7-10(8,9)6-4-2-1-3-5-6/h5-6,11,13,19H,1-4,7-9H2,(H,20,23,24);1-5H,(H,7,8,9)/t11-,13-;/m0./s1. The molecule has 2 saturated heterocycles. The highest BCUT2D eigenvalue weighted by molar-refractivity contribution is 7.85. The summed E-state index contributed by atoms with van der Waals surface area (Å²) < 4.78 is 35.1. The van der Waals surface area contributed by atoms with E-state index in [-0.39, 0.29) is 29.0 Å². The molecule has 4 heterocycles. The summed E-state index contributed by atoms with van der Waals surface area (Å²) >= 11 is 0. The molecule has 2 atom stereocenters. The molecule has 3 amide bonds. The van der Waals surface area contributed by atoms with Crippen LogP contribution in [0.2, 0.25) is 0 Å². The number of benzene rings is 2. The van der Waals surface area contributed by atoms with Crippen LogP contribution < -0.4 is 20.3 Å². The highest BCUT2D eigenvalue weighted by Gasteiger charge is 2.41. The van der Waals surface area contributed by atoms with E-state index in [4.69, 9.17) is 9.29 Å². The second kappa shape index (κ2) is 9.52. The number of imide groups is 1. The Hall–Kier alpha value is -3.48. The lowest BCUT2D eigenvalue weighted by Gasteiger charge is -2.42. The van der Waals surface area contributed by atoms with Crippen molar-refractivity contribution in [2.75, 3.05) is 31.1 Å². The number of hydrogen-bond donors (Lipinski definition) is 3. The second-order valence-corrected chi connectivity index (χ2v) is 10.4. The summed E-state index contributed by atoms with van der Waals surface area (Å²) in [7, 11) is -4.00. The van der Waals surface area contributed by atoms with Crippen molar-refractivity contribution in [3.05, 3.63) is 53.6 Å². The van der Waals surface area contributed by atoms with Gasteiger partial charge in [-0.3, -0.25) is 24.3 Å². The lowest BCUT2D eigenvalue weighted by atomic mass is 10.0. The fourth-order valence-corrected chi connectivity index (χ4v) is 5.43. The number of amides is 3. The Morgan fingerprint density at radius 1 is 1.06 bits per heavy atom. The molecule has 3 N–H and O–H groups in total. The molecule has 11 nitrogen and oxygen atoms in total. The first-order valence-electron chi connectivity index (χ1n) is 11.7. The Balaban J connectivity index is 0.000000226. The number of nitrogens with zero attached hydrogens (tertiary/aromatic N) is 2. The number of carbonyl (C=O) groups excluding carboxylic acids is 3. The van der Waals surface area contributed by atoms with Crippen molar-refractivity contribution in [3.63, 3.8) is 0 Å². The summed E-state index contributed by atoms with van der Waals surface area (Å²) in [6.07, 6.45) is 0.638. The number of carbonyl (C=O) groups is 3. The molecule has 0 spiro atoms. The highest BCUT2D eigenvalue weighted by Crippen LogP contribution is 2.40. The van der Waals surface area contributed by atoms with Crippen molar-refractivity contribution < 1.29 is 32.1 Å². The molecule has 12 heteroatoms. The highest BCUT2D eigenvalue weighted by atomic mass is 32.2. The maximum Gasteiger partial charge on any atom is 0.294 e. The van der Waals surface area contributed by atoms with E-state index in [1.165, 1.54) is 12.1 Å². The van der Waals surface area contributed by atoms with Gasteiger partial charge in [-0.05, 0) is 36.2 Å². The van der Waals surface area contributed by atoms with Gasteiger partial charge in [0, 0.05) is 38.2 Å². The maximum atomic E-state index is 12.9. The van der Waals surface area contributed by atoms with Gasteiger partial charge < -0.3 is 19.9 Å². The molecule has 36 heavy (non-hydrogen) atoms. The van der Waals surface area contributed by atoms with Crippen molar-refractivity contribution in [1.82, 2.24) is 15.5 Å². The van der Waals surface area contributed by atoms with Crippen molar-refractivity contribution in [2.24, 2.45) is 0 Å². The normalized spacial score (nSPS) is 23.0. The van der Waals surface area contributed by atoms with E-state index < -0.39 is 16.2 Å². The van der Waals surface area contributed by atoms with Gasteiger partial charge in [0.2, 0.25) is 11.8 Å². The van der Waals surface area contributed by atoms with E-state index in [0.29, 0.717) is 31.2 Å². The lowest BCUT2D eigenvalue weighted by molar-refractivity contribution is -0.136. The van der Waals surface area contributed by atoms with Crippen molar-refractivity contribution >= 4 is 33.5 Å². The van der Waals surface area contributed by atoms with E-state index >= 15 is 0 Å². The average Bonchev–Trinajstić information content (AvgIpc) is 3.18. The Bertz CT molecular complexity index is 1320. The number of piperidine rings is 1. The van der Waals surface area contributed by atoms with Crippen LogP contribution in [0.25, 0.3) is 0 Å². The molecule has 0 unspecified atom stereocenters. The second-order valence-electron chi connectivity index (χ2n) is 9.03. The van der Waals surface area contributed by atoms with Crippen molar-refractivity contribution in [1.29, 1.82) is 0 Å². The molecule has 2 aromatic carbocycles. The minimum atomic E-state index is -4.00. The molecule has 6 rings (SSSR count). The van der Waals surface area contributed by atoms with Crippen LogP contribution in [0.1, 0.15) is 28.8 Å². The number of hydrogen-bond acceptors (Lipinski definition) is 8. The van der Waals surface area contributed by atoms with Crippen LogP contribution in [0.15, 0.2) is 47.4 Å². The van der Waals surface area contributed by atoms with Crippen LogP contribution in [-0.2, 0) is 26.3 Å². The van der Waals surface area contributed by atoms with Crippen LogP contribution in [-0.4, -0.2) is 73.9 Å². The smallest absolute Gasteiger partial charge is 0.294 e. The third-order valence-electron chi connectivity index (χ3n) is 6.74. The summed E-state index contributed by atoms with van der Waals surface area (Å²) in [6.45, 7) is 3.71. The molecule has 4 aliphatic heterocycles. The molecule has 2 aromatic rings. The van der Waals surface area contributed by atoms with Crippen molar-refractivity contribution in [2.45, 2.75) is 36.4 Å². The van der Waals surface area contributed by atoms with Crippen LogP contribution in [0.4, 0.5) is 5.69 Å². The van der Waals surface area contributed by atoms with Gasteiger partial charge in [-0.1, -0.05) is 18.2 Å². The molecule has 4 aliphatic rings. The Morgan fingerprint density at radius 3 is 2.53 bits per heavy atom. The predicted molar refractivity (Wildman–Crippen MR) is 128 cm³/mol. The maximum absolute atomic E-state index is 12.9. The molecule has 0 saturated carbocycles. The van der Waals surface area contributed by atoms with Gasteiger partial charge >= 0.3 is 0 Å². The van der Waals surface area contributed by atoms with Crippen LogP contribution in [0, 0.1) is 0 Å². The number of piperazine rings is 1. The van der Waals surface area contributed by atoms with E-state index in [2.05, 4.69) is 15.5 Å². The van der Waals surface area contributed by atoms with Gasteiger partial charge in [0.25, 0.3) is 16.0 Å². The van der Waals surface area contributed by atoms with Gasteiger partial charge in [0.1, 0.15) is 18.4 Å². The first kappa shape index (κ1) is 24.2. The summed E-state index contributed by atoms with van der Waals surface area (Å²) in [6, 6.07) is 11.0. The molecule has 0 bridgehead atoms. The fraction of sp³-hybridized carbons (Fsp3) is 0.375.